The number of carbonyl (C=O) groups excluding carboxylic acids is 1. The van der Waals surface area contributed by atoms with Crippen LogP contribution in [0, 0.1) is 5.82 Å². The highest BCUT2D eigenvalue weighted by molar-refractivity contribution is 5.78. The minimum atomic E-state index is -0.522. The maximum Gasteiger partial charge on any atom is 0.410 e. The average Bonchev–Trinajstić information content (AvgIpc) is 3.32. The third-order valence-electron chi connectivity index (χ3n) is 5.44. The number of para-hydroxylation sites is 2. The molecule has 4 rings (SSSR count). The highest BCUT2D eigenvalue weighted by Crippen LogP contribution is 2.24. The van der Waals surface area contributed by atoms with E-state index in [9.17, 15) is 9.18 Å². The summed E-state index contributed by atoms with van der Waals surface area (Å²) in [5, 5.41) is 3.41. The summed E-state index contributed by atoms with van der Waals surface area (Å²) >= 11 is 0. The lowest BCUT2D eigenvalue weighted by Gasteiger charge is -2.28. The minimum absolute atomic E-state index is 0.0246. The summed E-state index contributed by atoms with van der Waals surface area (Å²) in [5.41, 5.74) is 1.86. The number of ether oxygens (including phenoxy) is 1. The molecule has 0 bridgehead atoms. The second-order valence-corrected chi connectivity index (χ2v) is 8.95. The summed E-state index contributed by atoms with van der Waals surface area (Å²) in [6.07, 6.45) is 1.56. The Morgan fingerprint density at radius 3 is 2.71 bits per heavy atom. The van der Waals surface area contributed by atoms with Crippen LogP contribution in [-0.2, 0) is 11.3 Å². The van der Waals surface area contributed by atoms with Gasteiger partial charge in [-0.1, -0.05) is 30.3 Å². The summed E-state index contributed by atoms with van der Waals surface area (Å²) in [6.45, 7) is 7.24. The van der Waals surface area contributed by atoms with Gasteiger partial charge in [0.15, 0.2) is 0 Å². The zero-order chi connectivity index (χ0) is 22.0. The van der Waals surface area contributed by atoms with E-state index in [1.807, 2.05) is 55.7 Å². The second kappa shape index (κ2) is 8.57. The zero-order valence-electron chi connectivity index (χ0n) is 18.3. The number of carbonyl (C=O) groups is 1. The molecule has 1 saturated heterocycles. The van der Waals surface area contributed by atoms with E-state index in [-0.39, 0.29) is 18.0 Å². The highest BCUT2D eigenvalue weighted by atomic mass is 19.1. The molecule has 6 nitrogen and oxygen atoms in total. The van der Waals surface area contributed by atoms with Gasteiger partial charge < -0.3 is 19.5 Å². The highest BCUT2D eigenvalue weighted by Gasteiger charge is 2.32. The van der Waals surface area contributed by atoms with E-state index in [4.69, 9.17) is 9.72 Å². The Hall–Kier alpha value is -3.09. The number of nitrogens with one attached hydrogen (secondary N) is 1. The SMILES string of the molecule is CC(C)(C)OC(=O)N1CCCC1CNc1nc2ccccc2n1Cc1ccccc1F. The van der Waals surface area contributed by atoms with Crippen molar-refractivity contribution in [1.29, 1.82) is 0 Å². The predicted octanol–water partition coefficient (Wildman–Crippen LogP) is 5.04. The smallest absolute Gasteiger partial charge is 0.410 e. The number of anilines is 1. The van der Waals surface area contributed by atoms with E-state index in [2.05, 4.69) is 5.32 Å². The van der Waals surface area contributed by atoms with Crippen LogP contribution < -0.4 is 5.32 Å². The molecular weight excluding hydrogens is 395 g/mol. The first-order chi connectivity index (χ1) is 14.8. The van der Waals surface area contributed by atoms with Crippen molar-refractivity contribution in [1.82, 2.24) is 14.5 Å². The summed E-state index contributed by atoms with van der Waals surface area (Å²) in [5.74, 6) is 0.429. The number of halogens is 1. The van der Waals surface area contributed by atoms with E-state index in [1.54, 1.807) is 17.0 Å². The molecule has 1 aromatic heterocycles. The maximum atomic E-state index is 14.3. The molecule has 2 heterocycles. The van der Waals surface area contributed by atoms with Gasteiger partial charge in [0.2, 0.25) is 5.95 Å². The van der Waals surface area contributed by atoms with Gasteiger partial charge in [-0.25, -0.2) is 14.2 Å². The van der Waals surface area contributed by atoms with E-state index in [0.717, 1.165) is 23.9 Å². The van der Waals surface area contributed by atoms with Gasteiger partial charge in [-0.15, -0.1) is 0 Å². The van der Waals surface area contributed by atoms with Crippen LogP contribution >= 0.6 is 0 Å². The number of imidazole rings is 1. The Balaban J connectivity index is 1.54. The van der Waals surface area contributed by atoms with Gasteiger partial charge in [0.1, 0.15) is 11.4 Å². The number of likely N-dealkylation sites (tertiary alicyclic amines) is 1. The molecule has 1 fully saturated rings. The van der Waals surface area contributed by atoms with Crippen LogP contribution in [0.5, 0.6) is 0 Å². The van der Waals surface area contributed by atoms with Gasteiger partial charge in [0, 0.05) is 18.7 Å². The molecule has 0 spiro atoms. The van der Waals surface area contributed by atoms with Crippen LogP contribution in [-0.4, -0.2) is 45.3 Å². The zero-order valence-corrected chi connectivity index (χ0v) is 18.3. The molecule has 0 aliphatic carbocycles. The fraction of sp³-hybridized carbons (Fsp3) is 0.417. The van der Waals surface area contributed by atoms with Crippen LogP contribution in [0.4, 0.5) is 15.1 Å². The van der Waals surface area contributed by atoms with Crippen molar-refractivity contribution in [3.63, 3.8) is 0 Å². The number of hydrogen-bond donors (Lipinski definition) is 1. The van der Waals surface area contributed by atoms with Gasteiger partial charge in [-0.2, -0.15) is 0 Å². The molecule has 164 valence electrons. The fourth-order valence-corrected chi connectivity index (χ4v) is 3.99. The molecule has 1 unspecified atom stereocenters. The Kier molecular flexibility index (Phi) is 5.85. The molecule has 0 radical (unpaired) electrons. The van der Waals surface area contributed by atoms with Gasteiger partial charge >= 0.3 is 6.09 Å². The molecule has 2 aromatic carbocycles. The van der Waals surface area contributed by atoms with Crippen LogP contribution in [0.25, 0.3) is 11.0 Å². The van der Waals surface area contributed by atoms with Crippen LogP contribution in [0.15, 0.2) is 48.5 Å². The molecule has 1 amide bonds. The number of nitrogens with zero attached hydrogens (tertiary/aromatic N) is 3. The standard InChI is InChI=1S/C24H29FN4O2/c1-24(2,3)31-23(30)28-14-8-10-18(28)15-26-22-27-20-12-6-7-13-21(20)29(22)16-17-9-4-5-11-19(17)25/h4-7,9,11-13,18H,8,10,14-16H2,1-3H3,(H,26,27). The Labute approximate surface area is 182 Å². The Bertz CT molecular complexity index is 1070. The van der Waals surface area contributed by atoms with Crippen molar-refractivity contribution in [3.8, 4) is 0 Å². The lowest BCUT2D eigenvalue weighted by Crippen LogP contribution is -2.42. The largest absolute Gasteiger partial charge is 0.444 e. The van der Waals surface area contributed by atoms with Gasteiger partial charge in [-0.3, -0.25) is 0 Å². The number of amides is 1. The molecule has 1 atom stereocenters. The summed E-state index contributed by atoms with van der Waals surface area (Å²) in [6, 6.07) is 14.6. The molecule has 31 heavy (non-hydrogen) atoms. The number of hydrogen-bond acceptors (Lipinski definition) is 4. The van der Waals surface area contributed by atoms with Crippen molar-refractivity contribution in [2.24, 2.45) is 0 Å². The van der Waals surface area contributed by atoms with Crippen LogP contribution in [0.3, 0.4) is 0 Å². The fourth-order valence-electron chi connectivity index (χ4n) is 3.99. The molecule has 1 aliphatic heterocycles. The number of fused-ring (bicyclic) bond motifs is 1. The monoisotopic (exact) mass is 424 g/mol. The first kappa shape index (κ1) is 21.2. The van der Waals surface area contributed by atoms with Gasteiger partial charge in [0.25, 0.3) is 0 Å². The van der Waals surface area contributed by atoms with Crippen LogP contribution in [0.2, 0.25) is 0 Å². The second-order valence-electron chi connectivity index (χ2n) is 8.95. The lowest BCUT2D eigenvalue weighted by molar-refractivity contribution is 0.0235. The Morgan fingerprint density at radius 2 is 1.94 bits per heavy atom. The minimum Gasteiger partial charge on any atom is -0.444 e. The molecule has 1 aliphatic rings. The van der Waals surface area contributed by atoms with Crippen molar-refractivity contribution >= 4 is 23.1 Å². The average molecular weight is 425 g/mol. The van der Waals surface area contributed by atoms with Crippen LogP contribution in [0.1, 0.15) is 39.2 Å². The summed E-state index contributed by atoms with van der Waals surface area (Å²) in [4.78, 5) is 19.1. The third-order valence-corrected chi connectivity index (χ3v) is 5.44. The van der Waals surface area contributed by atoms with Crippen molar-refractivity contribution in [2.75, 3.05) is 18.4 Å². The van der Waals surface area contributed by atoms with Gasteiger partial charge in [-0.05, 0) is 51.8 Å². The van der Waals surface area contributed by atoms with E-state index in [0.29, 0.717) is 31.1 Å². The van der Waals surface area contributed by atoms with E-state index >= 15 is 0 Å². The molecular formula is C24H29FN4O2. The number of rotatable bonds is 5. The predicted molar refractivity (Wildman–Crippen MR) is 120 cm³/mol. The van der Waals surface area contributed by atoms with E-state index < -0.39 is 5.60 Å². The normalized spacial score (nSPS) is 16.6. The molecule has 0 saturated carbocycles. The molecule has 3 aromatic rings. The topological polar surface area (TPSA) is 59.4 Å². The third kappa shape index (κ3) is 4.81. The summed E-state index contributed by atoms with van der Waals surface area (Å²) in [7, 11) is 0. The van der Waals surface area contributed by atoms with Crippen molar-refractivity contribution in [3.05, 3.63) is 59.9 Å². The van der Waals surface area contributed by atoms with Gasteiger partial charge in [0.05, 0.1) is 23.6 Å². The maximum absolute atomic E-state index is 14.3. The van der Waals surface area contributed by atoms with E-state index in [1.165, 1.54) is 6.07 Å². The Morgan fingerprint density at radius 1 is 1.19 bits per heavy atom. The first-order valence-corrected chi connectivity index (χ1v) is 10.7. The number of aromatic nitrogens is 2. The van der Waals surface area contributed by atoms with Crippen molar-refractivity contribution < 1.29 is 13.9 Å². The molecule has 1 N–H and O–H groups in total. The molecule has 7 heteroatoms. The quantitative estimate of drug-likeness (QED) is 0.624. The lowest BCUT2D eigenvalue weighted by atomic mass is 10.2. The summed E-state index contributed by atoms with van der Waals surface area (Å²) < 4.78 is 21.9. The number of benzene rings is 2. The van der Waals surface area contributed by atoms with Crippen molar-refractivity contribution in [2.45, 2.75) is 51.8 Å². The first-order valence-electron chi connectivity index (χ1n) is 10.7.